The third-order valence-electron chi connectivity index (χ3n) is 1.68. The molecule has 0 atom stereocenters. The monoisotopic (exact) mass is 147 g/mol. The quantitative estimate of drug-likeness (QED) is 0.611. The van der Waals surface area contributed by atoms with E-state index in [1.54, 1.807) is 6.20 Å². The molecule has 0 unspecified atom stereocenters. The predicted octanol–water partition coefficient (Wildman–Crippen LogP) is 1.45. The zero-order valence-electron chi connectivity index (χ0n) is 6.36. The third-order valence-corrected chi connectivity index (χ3v) is 1.68. The topological polar surface area (TPSA) is 30.7 Å². The van der Waals surface area contributed by atoms with Gasteiger partial charge in [-0.1, -0.05) is 0 Å². The lowest BCUT2D eigenvalue weighted by Gasteiger charge is -1.88. The van der Waals surface area contributed by atoms with E-state index in [1.807, 2.05) is 23.1 Å². The van der Waals surface area contributed by atoms with Crippen molar-refractivity contribution in [3.63, 3.8) is 0 Å². The van der Waals surface area contributed by atoms with E-state index < -0.39 is 0 Å². The van der Waals surface area contributed by atoms with Gasteiger partial charge in [0.1, 0.15) is 0 Å². The van der Waals surface area contributed by atoms with Crippen molar-refractivity contribution in [2.24, 2.45) is 0 Å². The first-order valence-corrected chi connectivity index (χ1v) is 3.67. The smallest absolute Gasteiger partial charge is 0.0954 e. The Hall–Kier alpha value is -1.38. The first kappa shape index (κ1) is 6.34. The van der Waals surface area contributed by atoms with Gasteiger partial charge in [0.2, 0.25) is 0 Å². The highest BCUT2D eigenvalue weighted by molar-refractivity contribution is 5.76. The van der Waals surface area contributed by atoms with Crippen LogP contribution in [0, 0.1) is 0 Å². The molecule has 56 valence electrons. The lowest BCUT2D eigenvalue weighted by atomic mass is 10.3. The molecule has 2 heterocycles. The van der Waals surface area contributed by atoms with Crippen LogP contribution in [0.4, 0.5) is 0 Å². The standard InChI is InChI=1S/C8H9N3/c1-2-11-6-7-5-9-4-3-8(7)10-11/h3-6H,2H2,1H3. The van der Waals surface area contributed by atoms with Crippen LogP contribution in [0.5, 0.6) is 0 Å². The van der Waals surface area contributed by atoms with E-state index in [1.165, 1.54) is 0 Å². The summed E-state index contributed by atoms with van der Waals surface area (Å²) in [5.41, 5.74) is 1.02. The van der Waals surface area contributed by atoms with Crippen LogP contribution in [0.15, 0.2) is 24.7 Å². The van der Waals surface area contributed by atoms with Crippen LogP contribution >= 0.6 is 0 Å². The zero-order chi connectivity index (χ0) is 7.68. The summed E-state index contributed by atoms with van der Waals surface area (Å²) in [5, 5.41) is 5.41. The van der Waals surface area contributed by atoms with Crippen LogP contribution in [-0.2, 0) is 6.54 Å². The van der Waals surface area contributed by atoms with Crippen molar-refractivity contribution in [1.29, 1.82) is 0 Å². The Morgan fingerprint density at radius 1 is 1.55 bits per heavy atom. The molecule has 2 rings (SSSR count). The predicted molar refractivity (Wildman–Crippen MR) is 43.2 cm³/mol. The Balaban J connectivity index is 2.69. The second-order valence-corrected chi connectivity index (χ2v) is 2.42. The molecule has 3 nitrogen and oxygen atoms in total. The third kappa shape index (κ3) is 0.981. The van der Waals surface area contributed by atoms with Gasteiger partial charge in [0, 0.05) is 30.5 Å². The van der Waals surface area contributed by atoms with Gasteiger partial charge >= 0.3 is 0 Å². The molecule has 0 saturated carbocycles. The van der Waals surface area contributed by atoms with Crippen molar-refractivity contribution in [2.75, 3.05) is 0 Å². The fraction of sp³-hybridized carbons (Fsp3) is 0.250. The number of hydrogen-bond donors (Lipinski definition) is 0. The summed E-state index contributed by atoms with van der Waals surface area (Å²) in [6.07, 6.45) is 5.59. The summed E-state index contributed by atoms with van der Waals surface area (Å²) >= 11 is 0. The number of fused-ring (bicyclic) bond motifs is 1. The van der Waals surface area contributed by atoms with Crippen LogP contribution in [-0.4, -0.2) is 14.8 Å². The Morgan fingerprint density at radius 2 is 2.45 bits per heavy atom. The number of hydrogen-bond acceptors (Lipinski definition) is 2. The van der Waals surface area contributed by atoms with Crippen LogP contribution < -0.4 is 0 Å². The molecule has 0 amide bonds. The largest absolute Gasteiger partial charge is 0.272 e. The van der Waals surface area contributed by atoms with Crippen LogP contribution in [0.3, 0.4) is 0 Å². The van der Waals surface area contributed by atoms with E-state index >= 15 is 0 Å². The molecule has 2 aromatic heterocycles. The first-order valence-electron chi connectivity index (χ1n) is 3.67. The van der Waals surface area contributed by atoms with Gasteiger partial charge in [-0.05, 0) is 13.0 Å². The highest BCUT2D eigenvalue weighted by Gasteiger charge is 1.96. The highest BCUT2D eigenvalue weighted by Crippen LogP contribution is 2.08. The Morgan fingerprint density at radius 3 is 3.18 bits per heavy atom. The summed E-state index contributed by atoms with van der Waals surface area (Å²) < 4.78 is 1.91. The molecule has 0 aromatic carbocycles. The van der Waals surface area contributed by atoms with E-state index in [4.69, 9.17) is 0 Å². The van der Waals surface area contributed by atoms with Gasteiger partial charge in [-0.15, -0.1) is 0 Å². The maximum absolute atomic E-state index is 4.31. The van der Waals surface area contributed by atoms with Crippen LogP contribution in [0.1, 0.15) is 6.92 Å². The maximum atomic E-state index is 4.31. The number of rotatable bonds is 1. The molecule has 2 aromatic rings. The van der Waals surface area contributed by atoms with Crippen LogP contribution in [0.2, 0.25) is 0 Å². The van der Waals surface area contributed by atoms with Crippen molar-refractivity contribution < 1.29 is 0 Å². The minimum absolute atomic E-state index is 0.911. The van der Waals surface area contributed by atoms with Crippen molar-refractivity contribution in [3.8, 4) is 0 Å². The van der Waals surface area contributed by atoms with Gasteiger partial charge in [0.25, 0.3) is 0 Å². The molecule has 11 heavy (non-hydrogen) atoms. The molecule has 0 N–H and O–H groups in total. The molecule has 0 bridgehead atoms. The van der Waals surface area contributed by atoms with Crippen molar-refractivity contribution in [3.05, 3.63) is 24.7 Å². The SMILES string of the molecule is CCn1cc2cnccc2n1. The van der Waals surface area contributed by atoms with Gasteiger partial charge < -0.3 is 0 Å². The molecular weight excluding hydrogens is 138 g/mol. The number of aromatic nitrogens is 3. The Bertz CT molecular complexity index is 331. The van der Waals surface area contributed by atoms with E-state index in [-0.39, 0.29) is 0 Å². The number of pyridine rings is 1. The van der Waals surface area contributed by atoms with E-state index in [9.17, 15) is 0 Å². The molecule has 0 aliphatic heterocycles. The van der Waals surface area contributed by atoms with Crippen molar-refractivity contribution >= 4 is 10.9 Å². The Kier molecular flexibility index (Phi) is 1.35. The maximum Gasteiger partial charge on any atom is 0.0954 e. The minimum atomic E-state index is 0.911. The van der Waals surface area contributed by atoms with Gasteiger partial charge in [0.05, 0.1) is 5.52 Å². The summed E-state index contributed by atoms with van der Waals surface area (Å²) in [6.45, 7) is 2.98. The average molecular weight is 147 g/mol. The minimum Gasteiger partial charge on any atom is -0.272 e. The Labute approximate surface area is 64.7 Å². The van der Waals surface area contributed by atoms with Crippen molar-refractivity contribution in [1.82, 2.24) is 14.8 Å². The van der Waals surface area contributed by atoms with Gasteiger partial charge in [0.15, 0.2) is 0 Å². The second-order valence-electron chi connectivity index (χ2n) is 2.42. The van der Waals surface area contributed by atoms with E-state index in [2.05, 4.69) is 17.0 Å². The molecule has 3 heteroatoms. The summed E-state index contributed by atoms with van der Waals surface area (Å²) in [4.78, 5) is 4.01. The highest BCUT2D eigenvalue weighted by atomic mass is 15.3. The molecule has 0 fully saturated rings. The van der Waals surface area contributed by atoms with E-state index in [0.29, 0.717) is 0 Å². The number of nitrogens with zero attached hydrogens (tertiary/aromatic N) is 3. The van der Waals surface area contributed by atoms with Crippen LogP contribution in [0.25, 0.3) is 10.9 Å². The number of aryl methyl sites for hydroxylation is 1. The molecule has 0 spiro atoms. The molecular formula is C8H9N3. The summed E-state index contributed by atoms with van der Waals surface area (Å²) in [6, 6.07) is 1.92. The average Bonchev–Trinajstić information content (AvgIpc) is 2.46. The normalized spacial score (nSPS) is 10.6. The molecule has 0 radical (unpaired) electrons. The van der Waals surface area contributed by atoms with Gasteiger partial charge in [-0.3, -0.25) is 9.67 Å². The fourth-order valence-electron chi connectivity index (χ4n) is 1.08. The van der Waals surface area contributed by atoms with Gasteiger partial charge in [-0.2, -0.15) is 5.10 Å². The first-order chi connectivity index (χ1) is 5.40. The lowest BCUT2D eigenvalue weighted by Crippen LogP contribution is -1.92. The molecule has 0 saturated heterocycles. The lowest BCUT2D eigenvalue weighted by molar-refractivity contribution is 0.668. The molecule has 0 aliphatic rings. The fourth-order valence-corrected chi connectivity index (χ4v) is 1.08. The zero-order valence-corrected chi connectivity index (χ0v) is 6.36. The molecule has 0 aliphatic carbocycles. The summed E-state index contributed by atoms with van der Waals surface area (Å²) in [7, 11) is 0. The van der Waals surface area contributed by atoms with Crippen molar-refractivity contribution in [2.45, 2.75) is 13.5 Å². The second kappa shape index (κ2) is 2.34. The van der Waals surface area contributed by atoms with Gasteiger partial charge in [-0.25, -0.2) is 0 Å². The summed E-state index contributed by atoms with van der Waals surface area (Å²) in [5.74, 6) is 0. The van der Waals surface area contributed by atoms with E-state index in [0.717, 1.165) is 17.4 Å².